The van der Waals surface area contributed by atoms with Gasteiger partial charge in [0.05, 0.1) is 12.3 Å². The normalized spacial score (nSPS) is 10.4. The van der Waals surface area contributed by atoms with Crippen LogP contribution in [0.5, 0.6) is 0 Å². The minimum atomic E-state index is 0.579. The van der Waals surface area contributed by atoms with Crippen LogP contribution in [0.3, 0.4) is 0 Å². The van der Waals surface area contributed by atoms with Crippen LogP contribution in [-0.2, 0) is 11.3 Å². The summed E-state index contributed by atoms with van der Waals surface area (Å²) in [7, 11) is 1.70. The molecule has 2 rings (SSSR count). The fourth-order valence-corrected chi connectivity index (χ4v) is 2.79. The number of hydrogen-bond acceptors (Lipinski definition) is 2. The summed E-state index contributed by atoms with van der Waals surface area (Å²) in [6.07, 6.45) is 0. The number of hydrogen-bond donors (Lipinski definition) is 0. The quantitative estimate of drug-likeness (QED) is 0.676. The zero-order valence-electron chi connectivity index (χ0n) is 12.3. The molecule has 0 atom stereocenters. The molecule has 2 aromatic rings. The van der Waals surface area contributed by atoms with Gasteiger partial charge in [-0.15, -0.1) is 0 Å². The molecule has 0 amide bonds. The van der Waals surface area contributed by atoms with Crippen LogP contribution >= 0.6 is 15.9 Å². The third-order valence-electron chi connectivity index (χ3n) is 3.17. The average Bonchev–Trinajstić information content (AvgIpc) is 2.48. The number of ether oxygens (including phenoxy) is 1. The van der Waals surface area contributed by atoms with Gasteiger partial charge in [-0.1, -0.05) is 49.0 Å². The Bertz CT molecular complexity index is 583. The minimum absolute atomic E-state index is 0.579. The van der Waals surface area contributed by atoms with E-state index in [2.05, 4.69) is 69.9 Å². The molecule has 3 heteroatoms. The van der Waals surface area contributed by atoms with Crippen LogP contribution in [0.4, 0.5) is 5.69 Å². The Balaban J connectivity index is 2.22. The number of para-hydroxylation sites is 1. The predicted molar refractivity (Wildman–Crippen MR) is 92.7 cm³/mol. The fraction of sp³-hybridized carbons (Fsp3) is 0.222. The maximum absolute atomic E-state index is 5.18. The van der Waals surface area contributed by atoms with Gasteiger partial charge in [-0.05, 0) is 39.2 Å². The van der Waals surface area contributed by atoms with E-state index in [1.165, 1.54) is 11.3 Å². The zero-order valence-corrected chi connectivity index (χ0v) is 13.8. The smallest absolute Gasteiger partial charge is 0.0687 e. The lowest BCUT2D eigenvalue weighted by atomic mass is 10.1. The van der Waals surface area contributed by atoms with Gasteiger partial charge in [0.15, 0.2) is 0 Å². The molecule has 0 aliphatic heterocycles. The number of rotatable bonds is 7. The Labute approximate surface area is 135 Å². The number of nitrogens with zero attached hydrogens (tertiary/aromatic N) is 1. The van der Waals surface area contributed by atoms with Crippen molar-refractivity contribution in [3.05, 3.63) is 76.8 Å². The Morgan fingerprint density at radius 1 is 1.10 bits per heavy atom. The Hall–Kier alpha value is -1.58. The van der Waals surface area contributed by atoms with Crippen molar-refractivity contribution in [1.29, 1.82) is 0 Å². The van der Waals surface area contributed by atoms with E-state index in [-0.39, 0.29) is 0 Å². The monoisotopic (exact) mass is 345 g/mol. The van der Waals surface area contributed by atoms with Crippen LogP contribution in [0.25, 0.3) is 0 Å². The Morgan fingerprint density at radius 2 is 1.76 bits per heavy atom. The third kappa shape index (κ3) is 4.73. The first kappa shape index (κ1) is 15.8. The van der Waals surface area contributed by atoms with Crippen LogP contribution in [-0.4, -0.2) is 20.3 Å². The summed E-state index contributed by atoms with van der Waals surface area (Å²) in [5.41, 5.74) is 3.50. The van der Waals surface area contributed by atoms with Gasteiger partial charge in [0.2, 0.25) is 0 Å². The second kappa shape index (κ2) is 8.01. The minimum Gasteiger partial charge on any atom is -0.380 e. The van der Waals surface area contributed by atoms with Gasteiger partial charge in [-0.25, -0.2) is 0 Å². The summed E-state index contributed by atoms with van der Waals surface area (Å²) >= 11 is 3.64. The Morgan fingerprint density at radius 3 is 2.43 bits per heavy atom. The first-order valence-corrected chi connectivity index (χ1v) is 7.69. The number of halogens is 1. The van der Waals surface area contributed by atoms with Gasteiger partial charge in [-0.3, -0.25) is 0 Å². The molecule has 0 saturated carbocycles. The zero-order chi connectivity index (χ0) is 15.1. The summed E-state index contributed by atoms with van der Waals surface area (Å²) in [6, 6.07) is 18.7. The summed E-state index contributed by atoms with van der Waals surface area (Å²) in [6.45, 7) is 6.29. The predicted octanol–water partition coefficient (Wildman–Crippen LogP) is 4.66. The van der Waals surface area contributed by atoms with Crippen LogP contribution in [0.1, 0.15) is 5.56 Å². The molecule has 0 bridgehead atoms. The molecule has 21 heavy (non-hydrogen) atoms. The molecule has 0 fully saturated rings. The van der Waals surface area contributed by atoms with Crippen LogP contribution < -0.4 is 4.90 Å². The van der Waals surface area contributed by atoms with Crippen LogP contribution in [0.2, 0.25) is 0 Å². The molecule has 0 heterocycles. The van der Waals surface area contributed by atoms with E-state index in [0.29, 0.717) is 6.61 Å². The largest absolute Gasteiger partial charge is 0.380 e. The van der Waals surface area contributed by atoms with E-state index in [1.54, 1.807) is 7.11 Å². The summed E-state index contributed by atoms with van der Waals surface area (Å²) in [5, 5.41) is 0. The average molecular weight is 346 g/mol. The van der Waals surface area contributed by atoms with E-state index in [9.17, 15) is 0 Å². The van der Waals surface area contributed by atoms with E-state index >= 15 is 0 Å². The van der Waals surface area contributed by atoms with Crippen molar-refractivity contribution in [2.45, 2.75) is 6.54 Å². The lowest BCUT2D eigenvalue weighted by Crippen LogP contribution is -2.26. The molecule has 110 valence electrons. The fourth-order valence-electron chi connectivity index (χ4n) is 2.26. The van der Waals surface area contributed by atoms with E-state index < -0.39 is 0 Å². The molecule has 2 aromatic carbocycles. The number of methoxy groups -OCH3 is 1. The number of anilines is 1. The van der Waals surface area contributed by atoms with Gasteiger partial charge in [0, 0.05) is 24.7 Å². The van der Waals surface area contributed by atoms with Crippen LogP contribution in [0.15, 0.2) is 71.2 Å². The van der Waals surface area contributed by atoms with Gasteiger partial charge in [0.1, 0.15) is 0 Å². The topological polar surface area (TPSA) is 12.5 Å². The van der Waals surface area contributed by atoms with Crippen molar-refractivity contribution in [2.75, 3.05) is 25.2 Å². The molecule has 0 N–H and O–H groups in total. The summed E-state index contributed by atoms with van der Waals surface area (Å²) < 4.78 is 6.27. The van der Waals surface area contributed by atoms with Crippen molar-refractivity contribution < 1.29 is 4.74 Å². The lowest BCUT2D eigenvalue weighted by Gasteiger charge is -2.27. The Kier molecular flexibility index (Phi) is 6.03. The highest BCUT2D eigenvalue weighted by Gasteiger charge is 2.11. The molecule has 0 aliphatic rings. The van der Waals surface area contributed by atoms with Gasteiger partial charge < -0.3 is 9.64 Å². The van der Waals surface area contributed by atoms with E-state index in [4.69, 9.17) is 4.74 Å². The summed E-state index contributed by atoms with van der Waals surface area (Å²) in [4.78, 5) is 2.31. The molecule has 0 aliphatic carbocycles. The molecule has 0 spiro atoms. The van der Waals surface area contributed by atoms with Crippen LogP contribution in [0, 0.1) is 0 Å². The molecular weight excluding hydrogens is 326 g/mol. The van der Waals surface area contributed by atoms with E-state index in [1.807, 2.05) is 12.1 Å². The highest BCUT2D eigenvalue weighted by molar-refractivity contribution is 9.10. The second-order valence-corrected chi connectivity index (χ2v) is 5.83. The van der Waals surface area contributed by atoms with Crippen molar-refractivity contribution in [3.63, 3.8) is 0 Å². The molecule has 0 radical (unpaired) electrons. The van der Waals surface area contributed by atoms with Crippen molar-refractivity contribution >= 4 is 21.6 Å². The SMILES string of the molecule is C=C(COC)CN(Cc1ccccc1)c1ccccc1Br. The molecule has 0 unspecified atom stereocenters. The van der Waals surface area contributed by atoms with Gasteiger partial charge >= 0.3 is 0 Å². The molecule has 0 saturated heterocycles. The van der Waals surface area contributed by atoms with Crippen molar-refractivity contribution in [1.82, 2.24) is 0 Å². The first-order valence-electron chi connectivity index (χ1n) is 6.89. The van der Waals surface area contributed by atoms with E-state index in [0.717, 1.165) is 23.1 Å². The molecular formula is C18H20BrNO. The van der Waals surface area contributed by atoms with Gasteiger partial charge in [0.25, 0.3) is 0 Å². The summed E-state index contributed by atoms with van der Waals surface area (Å²) in [5.74, 6) is 0. The highest BCUT2D eigenvalue weighted by Crippen LogP contribution is 2.27. The molecule has 2 nitrogen and oxygen atoms in total. The van der Waals surface area contributed by atoms with Crippen molar-refractivity contribution in [2.24, 2.45) is 0 Å². The maximum atomic E-state index is 5.18. The highest BCUT2D eigenvalue weighted by atomic mass is 79.9. The molecule has 0 aromatic heterocycles. The number of benzene rings is 2. The standard InChI is InChI=1S/C18H20BrNO/c1-15(14-21-2)12-20(13-16-8-4-3-5-9-16)18-11-7-6-10-17(18)19/h3-11H,1,12-14H2,2H3. The second-order valence-electron chi connectivity index (χ2n) is 4.98. The van der Waals surface area contributed by atoms with Gasteiger partial charge in [-0.2, -0.15) is 0 Å². The third-order valence-corrected chi connectivity index (χ3v) is 3.84. The maximum Gasteiger partial charge on any atom is 0.0687 e. The first-order chi connectivity index (χ1) is 10.2. The lowest BCUT2D eigenvalue weighted by molar-refractivity contribution is 0.225. The van der Waals surface area contributed by atoms with Crippen molar-refractivity contribution in [3.8, 4) is 0 Å².